The molecule has 0 aromatic carbocycles. The normalized spacial score (nSPS) is 20.0. The summed E-state index contributed by atoms with van der Waals surface area (Å²) in [4.78, 5) is 0. The van der Waals surface area contributed by atoms with Crippen LogP contribution in [0.15, 0.2) is 24.3 Å². The molecule has 1 rings (SSSR count). The molecule has 0 heterocycles. The van der Waals surface area contributed by atoms with E-state index in [-0.39, 0.29) is 0 Å². The molecule has 0 amide bonds. The first kappa shape index (κ1) is 5.49. The molecule has 0 radical (unpaired) electrons. The molecule has 0 bridgehead atoms. The Balaban J connectivity index is 2.54. The highest BCUT2D eigenvalue weighted by atomic mass is 14.0. The second kappa shape index (κ2) is 2.08. The first-order chi connectivity index (χ1) is 3.79. The third-order valence-corrected chi connectivity index (χ3v) is 1.33. The summed E-state index contributed by atoms with van der Waals surface area (Å²) in [5.41, 5.74) is 0. The van der Waals surface area contributed by atoms with Gasteiger partial charge >= 0.3 is 0 Å². The van der Waals surface area contributed by atoms with Crippen LogP contribution in [0.2, 0.25) is 0 Å². The monoisotopic (exact) mass is 107 g/mol. The standard InChI is InChI=1S/C8H11/c1-7-3-5-8(2)6-4-7/h3-7H,1-2H3/q-1. The molecule has 1 aliphatic rings. The minimum atomic E-state index is 0.638. The average molecular weight is 107 g/mol. The predicted octanol–water partition coefficient (Wildman–Crippen LogP) is 2.34. The summed E-state index contributed by atoms with van der Waals surface area (Å²) in [5, 5.41) is 0. The maximum Gasteiger partial charge on any atom is -0.0766 e. The van der Waals surface area contributed by atoms with Gasteiger partial charge in [-0.3, -0.25) is 0 Å². The van der Waals surface area contributed by atoms with Gasteiger partial charge in [0.1, 0.15) is 0 Å². The van der Waals surface area contributed by atoms with Gasteiger partial charge in [-0.1, -0.05) is 19.8 Å². The fourth-order valence-electron chi connectivity index (χ4n) is 0.727. The number of allylic oxidation sites excluding steroid dienone is 4. The highest BCUT2D eigenvalue weighted by molar-refractivity contribution is 5.26. The fraction of sp³-hybridized carbons (Fsp3) is 0.375. The lowest BCUT2D eigenvalue weighted by Gasteiger charge is -2.17. The zero-order valence-electron chi connectivity index (χ0n) is 5.39. The van der Waals surface area contributed by atoms with Gasteiger partial charge in [0.15, 0.2) is 0 Å². The highest BCUT2D eigenvalue weighted by Crippen LogP contribution is 2.13. The molecule has 0 N–H and O–H groups in total. The Morgan fingerprint density at radius 2 is 1.75 bits per heavy atom. The van der Waals surface area contributed by atoms with Gasteiger partial charge in [-0.15, -0.1) is 0 Å². The SMILES string of the molecule is C[C-]1C=CC(C)C=C1. The molecule has 44 valence electrons. The van der Waals surface area contributed by atoms with Gasteiger partial charge in [0.25, 0.3) is 0 Å². The minimum absolute atomic E-state index is 0.638. The molecule has 1 aliphatic carbocycles. The van der Waals surface area contributed by atoms with Crippen LogP contribution in [0.3, 0.4) is 0 Å². The predicted molar refractivity (Wildman–Crippen MR) is 36.4 cm³/mol. The van der Waals surface area contributed by atoms with Crippen molar-refractivity contribution in [3.63, 3.8) is 0 Å². The van der Waals surface area contributed by atoms with E-state index in [9.17, 15) is 0 Å². The molecular weight excluding hydrogens is 96.1 g/mol. The van der Waals surface area contributed by atoms with Crippen molar-refractivity contribution in [3.05, 3.63) is 30.2 Å². The van der Waals surface area contributed by atoms with Crippen molar-refractivity contribution in [2.75, 3.05) is 0 Å². The summed E-state index contributed by atoms with van der Waals surface area (Å²) in [5.74, 6) is 1.99. The van der Waals surface area contributed by atoms with E-state index in [2.05, 4.69) is 38.2 Å². The van der Waals surface area contributed by atoms with Crippen LogP contribution in [-0.4, -0.2) is 0 Å². The van der Waals surface area contributed by atoms with E-state index in [0.717, 1.165) is 0 Å². The number of hydrogen-bond acceptors (Lipinski definition) is 0. The van der Waals surface area contributed by atoms with Crippen molar-refractivity contribution in [1.29, 1.82) is 0 Å². The minimum Gasteiger partial charge on any atom is -0.184 e. The smallest absolute Gasteiger partial charge is 0.0766 e. The van der Waals surface area contributed by atoms with Gasteiger partial charge in [-0.25, -0.2) is 0 Å². The Kier molecular flexibility index (Phi) is 1.43. The molecule has 0 aromatic heterocycles. The molecule has 0 aromatic rings. The van der Waals surface area contributed by atoms with Crippen molar-refractivity contribution in [2.45, 2.75) is 13.8 Å². The van der Waals surface area contributed by atoms with Crippen LogP contribution in [0, 0.1) is 11.8 Å². The van der Waals surface area contributed by atoms with Crippen LogP contribution < -0.4 is 0 Å². The Bertz CT molecular complexity index is 92.0. The summed E-state index contributed by atoms with van der Waals surface area (Å²) in [6, 6.07) is 0. The lowest BCUT2D eigenvalue weighted by Crippen LogP contribution is -1.91. The third kappa shape index (κ3) is 1.16. The molecule has 0 saturated carbocycles. The van der Waals surface area contributed by atoms with E-state index in [1.807, 2.05) is 0 Å². The molecule has 0 nitrogen and oxygen atoms in total. The molecule has 0 saturated heterocycles. The highest BCUT2D eigenvalue weighted by Gasteiger charge is 1.88. The van der Waals surface area contributed by atoms with Crippen LogP contribution in [-0.2, 0) is 0 Å². The lowest BCUT2D eigenvalue weighted by atomic mass is 9.99. The van der Waals surface area contributed by atoms with E-state index < -0.39 is 0 Å². The van der Waals surface area contributed by atoms with E-state index in [1.54, 1.807) is 0 Å². The van der Waals surface area contributed by atoms with Crippen LogP contribution in [0.25, 0.3) is 0 Å². The third-order valence-electron chi connectivity index (χ3n) is 1.33. The largest absolute Gasteiger partial charge is 0.184 e. The first-order valence-corrected chi connectivity index (χ1v) is 2.99. The van der Waals surface area contributed by atoms with Gasteiger partial charge in [0, 0.05) is 0 Å². The van der Waals surface area contributed by atoms with Gasteiger partial charge in [-0.05, 0) is 0 Å². The fourth-order valence-corrected chi connectivity index (χ4v) is 0.727. The van der Waals surface area contributed by atoms with Crippen LogP contribution in [0.1, 0.15) is 13.8 Å². The van der Waals surface area contributed by atoms with Crippen molar-refractivity contribution in [2.24, 2.45) is 5.92 Å². The molecule has 8 heavy (non-hydrogen) atoms. The van der Waals surface area contributed by atoms with Gasteiger partial charge in [0.05, 0.1) is 0 Å². The Labute approximate surface area is 50.9 Å². The molecule has 0 atom stereocenters. The van der Waals surface area contributed by atoms with Crippen molar-refractivity contribution >= 4 is 0 Å². The summed E-state index contributed by atoms with van der Waals surface area (Å²) >= 11 is 0. The quantitative estimate of drug-likeness (QED) is 0.417. The van der Waals surface area contributed by atoms with E-state index in [0.29, 0.717) is 5.92 Å². The van der Waals surface area contributed by atoms with Crippen LogP contribution >= 0.6 is 0 Å². The molecule has 0 aliphatic heterocycles. The van der Waals surface area contributed by atoms with E-state index in [4.69, 9.17) is 0 Å². The maximum atomic E-state index is 2.20. The second-order valence-corrected chi connectivity index (χ2v) is 2.32. The van der Waals surface area contributed by atoms with Gasteiger partial charge < -0.3 is 0 Å². The van der Waals surface area contributed by atoms with E-state index >= 15 is 0 Å². The zero-order valence-corrected chi connectivity index (χ0v) is 5.39. The van der Waals surface area contributed by atoms with Crippen molar-refractivity contribution < 1.29 is 0 Å². The topological polar surface area (TPSA) is 0 Å². The molecule has 0 unspecified atom stereocenters. The Hall–Kier alpha value is -0.650. The molecule has 0 fully saturated rings. The zero-order chi connectivity index (χ0) is 5.98. The van der Waals surface area contributed by atoms with Crippen molar-refractivity contribution in [3.8, 4) is 0 Å². The Morgan fingerprint density at radius 1 is 1.25 bits per heavy atom. The molecule has 0 heteroatoms. The van der Waals surface area contributed by atoms with E-state index in [1.165, 1.54) is 5.92 Å². The van der Waals surface area contributed by atoms with Crippen LogP contribution in [0.5, 0.6) is 0 Å². The molecular formula is C8H11-. The number of rotatable bonds is 0. The summed E-state index contributed by atoms with van der Waals surface area (Å²) in [6.07, 6.45) is 8.72. The molecule has 0 spiro atoms. The average Bonchev–Trinajstić information content (AvgIpc) is 1.77. The lowest BCUT2D eigenvalue weighted by molar-refractivity contribution is 0.915. The van der Waals surface area contributed by atoms with Crippen LogP contribution in [0.4, 0.5) is 0 Å². The summed E-state index contributed by atoms with van der Waals surface area (Å²) < 4.78 is 0. The summed E-state index contributed by atoms with van der Waals surface area (Å²) in [7, 11) is 0. The Morgan fingerprint density at radius 3 is 2.12 bits per heavy atom. The number of hydrogen-bond donors (Lipinski definition) is 0. The summed E-state index contributed by atoms with van der Waals surface area (Å²) in [6.45, 7) is 4.29. The first-order valence-electron chi connectivity index (χ1n) is 2.99. The van der Waals surface area contributed by atoms with Gasteiger partial charge in [-0.2, -0.15) is 30.2 Å². The second-order valence-electron chi connectivity index (χ2n) is 2.32. The van der Waals surface area contributed by atoms with Gasteiger partial charge in [0.2, 0.25) is 0 Å². The van der Waals surface area contributed by atoms with Crippen molar-refractivity contribution in [1.82, 2.24) is 0 Å². The maximum absolute atomic E-state index is 2.20.